The first kappa shape index (κ1) is 19.3. The van der Waals surface area contributed by atoms with Crippen LogP contribution in [0, 0.1) is 11.8 Å². The van der Waals surface area contributed by atoms with Crippen LogP contribution >= 0.6 is 46.1 Å². The van der Waals surface area contributed by atoms with Crippen molar-refractivity contribution in [3.8, 4) is 0 Å². The molecular weight excluding hydrogens is 397 g/mol. The Morgan fingerprint density at radius 2 is 1.92 bits per heavy atom. The average Bonchev–Trinajstić information content (AvgIpc) is 3.14. The molecule has 25 heavy (non-hydrogen) atoms. The summed E-state index contributed by atoms with van der Waals surface area (Å²) < 4.78 is 0. The molecule has 2 nitrogen and oxygen atoms in total. The van der Waals surface area contributed by atoms with Crippen LogP contribution in [0.1, 0.15) is 24.1 Å². The summed E-state index contributed by atoms with van der Waals surface area (Å²) in [4.78, 5) is 1.41. The molecule has 1 fully saturated rings. The lowest BCUT2D eigenvalue weighted by Crippen LogP contribution is -2.28. The fourth-order valence-electron chi connectivity index (χ4n) is 3.67. The van der Waals surface area contributed by atoms with Crippen molar-refractivity contribution in [2.75, 3.05) is 11.9 Å². The number of aliphatic hydroxyl groups excluding tert-OH is 1. The monoisotopic (exact) mass is 417 g/mol. The highest BCUT2D eigenvalue weighted by atomic mass is 35.5. The van der Waals surface area contributed by atoms with Crippen LogP contribution < -0.4 is 5.32 Å². The van der Waals surface area contributed by atoms with Crippen LogP contribution in [0.3, 0.4) is 0 Å². The van der Waals surface area contributed by atoms with Gasteiger partial charge in [-0.2, -0.15) is 0 Å². The van der Waals surface area contributed by atoms with E-state index in [1.165, 1.54) is 4.88 Å². The van der Waals surface area contributed by atoms with Gasteiger partial charge in [0.05, 0.1) is 6.10 Å². The van der Waals surface area contributed by atoms with Gasteiger partial charge < -0.3 is 10.4 Å². The quantitative estimate of drug-likeness (QED) is 0.533. The molecule has 1 heterocycles. The van der Waals surface area contributed by atoms with E-state index in [1.807, 2.05) is 12.1 Å². The molecular formula is C19H22Cl3NOS. The van der Waals surface area contributed by atoms with Gasteiger partial charge in [0.25, 0.3) is 0 Å². The lowest BCUT2D eigenvalue weighted by molar-refractivity contribution is 0.122. The Labute approximate surface area is 168 Å². The minimum atomic E-state index is -0.364. The van der Waals surface area contributed by atoms with Gasteiger partial charge in [-0.05, 0) is 61.2 Å². The lowest BCUT2D eigenvalue weighted by atomic mass is 9.89. The van der Waals surface area contributed by atoms with Gasteiger partial charge in [0.15, 0.2) is 0 Å². The van der Waals surface area contributed by atoms with Gasteiger partial charge in [0.1, 0.15) is 0 Å². The van der Waals surface area contributed by atoms with E-state index in [0.29, 0.717) is 28.9 Å². The van der Waals surface area contributed by atoms with E-state index in [9.17, 15) is 5.11 Å². The summed E-state index contributed by atoms with van der Waals surface area (Å²) in [7, 11) is 0. The number of halogens is 3. The number of nitrogens with one attached hydrogen (secondary N) is 1. The molecule has 136 valence electrons. The minimum Gasteiger partial charge on any atom is -0.393 e. The van der Waals surface area contributed by atoms with Gasteiger partial charge in [-0.15, -0.1) is 22.9 Å². The summed E-state index contributed by atoms with van der Waals surface area (Å²) in [6, 6.07) is 9.67. The lowest BCUT2D eigenvalue weighted by Gasteiger charge is -2.24. The topological polar surface area (TPSA) is 32.3 Å². The predicted octanol–water partition coefficient (Wildman–Crippen LogP) is 6.09. The van der Waals surface area contributed by atoms with Crippen molar-refractivity contribution in [3.63, 3.8) is 0 Å². The second kappa shape index (κ2) is 8.96. The minimum absolute atomic E-state index is 0.0353. The van der Waals surface area contributed by atoms with Crippen molar-refractivity contribution < 1.29 is 5.11 Å². The number of anilines is 1. The van der Waals surface area contributed by atoms with Gasteiger partial charge in [-0.3, -0.25) is 0 Å². The van der Waals surface area contributed by atoms with E-state index in [4.69, 9.17) is 34.8 Å². The van der Waals surface area contributed by atoms with Gasteiger partial charge in [-0.1, -0.05) is 29.3 Å². The summed E-state index contributed by atoms with van der Waals surface area (Å²) >= 11 is 20.4. The summed E-state index contributed by atoms with van der Waals surface area (Å²) in [5, 5.41) is 17.1. The first-order chi connectivity index (χ1) is 12.0. The van der Waals surface area contributed by atoms with Crippen LogP contribution in [-0.4, -0.2) is 23.1 Å². The fourth-order valence-corrected chi connectivity index (χ4v) is 5.45. The Hall–Kier alpha value is -0.450. The van der Waals surface area contributed by atoms with Crippen LogP contribution in [0.2, 0.25) is 10.0 Å². The first-order valence-corrected chi connectivity index (χ1v) is 10.6. The maximum Gasteiger partial charge on any atom is 0.0602 e. The zero-order chi connectivity index (χ0) is 17.8. The number of aryl methyl sites for hydroxylation is 1. The van der Waals surface area contributed by atoms with E-state index < -0.39 is 0 Å². The number of benzene rings is 1. The molecule has 1 aliphatic carbocycles. The van der Waals surface area contributed by atoms with Gasteiger partial charge >= 0.3 is 0 Å². The molecule has 0 spiro atoms. The molecule has 0 unspecified atom stereocenters. The molecule has 1 aromatic carbocycles. The number of hydrogen-bond acceptors (Lipinski definition) is 3. The number of thiophene rings is 1. The maximum absolute atomic E-state index is 10.4. The molecule has 0 amide bonds. The van der Waals surface area contributed by atoms with E-state index in [2.05, 4.69) is 22.8 Å². The van der Waals surface area contributed by atoms with E-state index in [1.54, 1.807) is 17.4 Å². The van der Waals surface area contributed by atoms with Crippen molar-refractivity contribution in [1.29, 1.82) is 0 Å². The Balaban J connectivity index is 1.57. The highest BCUT2D eigenvalue weighted by Gasteiger charge is 2.40. The first-order valence-electron chi connectivity index (χ1n) is 8.57. The second-order valence-electron chi connectivity index (χ2n) is 6.66. The molecule has 6 heteroatoms. The predicted molar refractivity (Wildman–Crippen MR) is 109 cm³/mol. The number of alkyl halides is 1. The molecule has 1 saturated carbocycles. The molecule has 4 atom stereocenters. The Morgan fingerprint density at radius 1 is 1.16 bits per heavy atom. The van der Waals surface area contributed by atoms with Gasteiger partial charge in [-0.25, -0.2) is 0 Å². The molecule has 1 aliphatic rings. The van der Waals surface area contributed by atoms with Crippen LogP contribution in [0.25, 0.3) is 0 Å². The van der Waals surface area contributed by atoms with E-state index in [-0.39, 0.29) is 17.4 Å². The van der Waals surface area contributed by atoms with Crippen molar-refractivity contribution in [3.05, 3.63) is 50.6 Å². The van der Waals surface area contributed by atoms with Gasteiger partial charge in [0.2, 0.25) is 0 Å². The Morgan fingerprint density at radius 3 is 2.60 bits per heavy atom. The summed E-state index contributed by atoms with van der Waals surface area (Å²) in [6.07, 6.45) is 3.51. The number of rotatable bonds is 7. The van der Waals surface area contributed by atoms with E-state index in [0.717, 1.165) is 24.9 Å². The molecule has 0 bridgehead atoms. The summed E-state index contributed by atoms with van der Waals surface area (Å²) in [5.41, 5.74) is 0.875. The van der Waals surface area contributed by atoms with Crippen molar-refractivity contribution in [2.24, 2.45) is 11.8 Å². The summed E-state index contributed by atoms with van der Waals surface area (Å²) in [5.74, 6) is 0.461. The van der Waals surface area contributed by atoms with E-state index >= 15 is 0 Å². The molecule has 2 N–H and O–H groups in total. The summed E-state index contributed by atoms with van der Waals surface area (Å²) in [6.45, 7) is 0.671. The molecule has 0 aliphatic heterocycles. The van der Waals surface area contributed by atoms with Crippen LogP contribution in [0.5, 0.6) is 0 Å². The second-order valence-corrected chi connectivity index (χ2v) is 9.12. The molecule has 3 rings (SSSR count). The number of aliphatic hydroxyl groups is 1. The standard InChI is InChI=1S/C19H22Cl3NOS/c20-12-7-13(21)9-14(8-12)23-11-17-16(18(22)10-19(17)24)5-1-3-15-4-2-6-25-15/h2,4,6-9,16-19,23-24H,1,3,5,10-11H2/t16-,17-,18-,19-/m1/s1. The Bertz CT molecular complexity index is 659. The van der Waals surface area contributed by atoms with Crippen LogP contribution in [0.15, 0.2) is 35.7 Å². The molecule has 0 saturated heterocycles. The average molecular weight is 419 g/mol. The van der Waals surface area contributed by atoms with Crippen molar-refractivity contribution in [1.82, 2.24) is 0 Å². The molecule has 1 aromatic heterocycles. The number of hydrogen-bond donors (Lipinski definition) is 2. The maximum atomic E-state index is 10.4. The third-order valence-electron chi connectivity index (χ3n) is 4.92. The highest BCUT2D eigenvalue weighted by Crippen LogP contribution is 2.39. The zero-order valence-corrected chi connectivity index (χ0v) is 16.9. The highest BCUT2D eigenvalue weighted by molar-refractivity contribution is 7.09. The van der Waals surface area contributed by atoms with Crippen molar-refractivity contribution in [2.45, 2.75) is 37.2 Å². The third-order valence-corrected chi connectivity index (χ3v) is 6.80. The Kier molecular flexibility index (Phi) is 6.93. The van der Waals surface area contributed by atoms with Crippen LogP contribution in [-0.2, 0) is 6.42 Å². The SMILES string of the molecule is O[C@@H]1C[C@@H](Cl)[C@H](CCCc2cccs2)[C@H]1CNc1cc(Cl)cc(Cl)c1. The zero-order valence-electron chi connectivity index (χ0n) is 13.8. The van der Waals surface area contributed by atoms with Crippen LogP contribution in [0.4, 0.5) is 5.69 Å². The molecule has 2 aromatic rings. The fraction of sp³-hybridized carbons (Fsp3) is 0.474. The smallest absolute Gasteiger partial charge is 0.0602 e. The van der Waals surface area contributed by atoms with Crippen molar-refractivity contribution >= 4 is 51.8 Å². The van der Waals surface area contributed by atoms with Gasteiger partial charge in [0, 0.05) is 38.4 Å². The largest absolute Gasteiger partial charge is 0.393 e. The normalized spacial score (nSPS) is 26.1. The molecule has 0 radical (unpaired) electrons. The third kappa shape index (κ3) is 5.27.